The minimum atomic E-state index is -0.510. The Morgan fingerprint density at radius 1 is 1.32 bits per heavy atom. The standard InChI is InChI=1S/C19H23N3O3/c1-3-5-6-7-16(23)17-15(4-2)22(19(25)18(17)24)12-8-9-13-14(10-12)21-11-20-13/h8-11,15,24H,3-7H2,1-2H3,(H,20,21). The number of aliphatic hydroxyl groups excluding tert-OH is 1. The van der Waals surface area contributed by atoms with Crippen molar-refractivity contribution in [1.29, 1.82) is 0 Å². The molecule has 1 amide bonds. The minimum absolute atomic E-state index is 0.128. The quantitative estimate of drug-likeness (QED) is 0.753. The molecule has 25 heavy (non-hydrogen) atoms. The summed E-state index contributed by atoms with van der Waals surface area (Å²) in [4.78, 5) is 33.9. The lowest BCUT2D eigenvalue weighted by atomic mass is 9.97. The number of hydrogen-bond acceptors (Lipinski definition) is 4. The van der Waals surface area contributed by atoms with E-state index in [4.69, 9.17) is 0 Å². The number of amides is 1. The van der Waals surface area contributed by atoms with Gasteiger partial charge in [0.2, 0.25) is 0 Å². The minimum Gasteiger partial charge on any atom is -0.503 e. The predicted molar refractivity (Wildman–Crippen MR) is 96.5 cm³/mol. The van der Waals surface area contributed by atoms with Gasteiger partial charge in [-0.1, -0.05) is 26.7 Å². The van der Waals surface area contributed by atoms with Crippen molar-refractivity contribution in [3.8, 4) is 0 Å². The molecule has 0 saturated heterocycles. The number of fused-ring (bicyclic) bond motifs is 1. The van der Waals surface area contributed by atoms with E-state index in [1.807, 2.05) is 19.1 Å². The summed E-state index contributed by atoms with van der Waals surface area (Å²) >= 11 is 0. The topological polar surface area (TPSA) is 86.3 Å². The van der Waals surface area contributed by atoms with Crippen LogP contribution >= 0.6 is 0 Å². The van der Waals surface area contributed by atoms with Crippen molar-refractivity contribution in [3.05, 3.63) is 35.9 Å². The number of rotatable bonds is 7. The van der Waals surface area contributed by atoms with Crippen molar-refractivity contribution in [2.45, 2.75) is 52.0 Å². The summed E-state index contributed by atoms with van der Waals surface area (Å²) in [7, 11) is 0. The fraction of sp³-hybridized carbons (Fsp3) is 0.421. The summed E-state index contributed by atoms with van der Waals surface area (Å²) in [5, 5.41) is 10.3. The zero-order valence-corrected chi connectivity index (χ0v) is 14.6. The Bertz CT molecular complexity index is 837. The van der Waals surface area contributed by atoms with Gasteiger partial charge in [0.1, 0.15) is 0 Å². The van der Waals surface area contributed by atoms with Crippen molar-refractivity contribution in [1.82, 2.24) is 9.97 Å². The molecule has 0 fully saturated rings. The van der Waals surface area contributed by atoms with Crippen LogP contribution in [0.1, 0.15) is 46.0 Å². The van der Waals surface area contributed by atoms with E-state index in [1.54, 1.807) is 12.4 Å². The van der Waals surface area contributed by atoms with E-state index < -0.39 is 17.7 Å². The number of nitrogens with one attached hydrogen (secondary N) is 1. The molecule has 1 aliphatic heterocycles. The number of aromatic amines is 1. The Morgan fingerprint density at radius 3 is 2.84 bits per heavy atom. The number of benzene rings is 1. The second-order valence-electron chi connectivity index (χ2n) is 6.35. The molecule has 2 heterocycles. The maximum absolute atomic E-state index is 12.6. The molecule has 0 saturated carbocycles. The summed E-state index contributed by atoms with van der Waals surface area (Å²) in [6, 6.07) is 5.00. The largest absolute Gasteiger partial charge is 0.503 e. The Kier molecular flexibility index (Phi) is 4.88. The van der Waals surface area contributed by atoms with Crippen molar-refractivity contribution < 1.29 is 14.7 Å². The average Bonchev–Trinajstić information content (AvgIpc) is 3.17. The number of hydrogen-bond donors (Lipinski definition) is 2. The number of aromatic nitrogens is 2. The first-order valence-electron chi connectivity index (χ1n) is 8.81. The van der Waals surface area contributed by atoms with Crippen LogP contribution in [0.15, 0.2) is 35.9 Å². The molecule has 1 aliphatic rings. The van der Waals surface area contributed by atoms with Gasteiger partial charge in [-0.2, -0.15) is 0 Å². The number of carbonyl (C=O) groups excluding carboxylic acids is 2. The zero-order valence-electron chi connectivity index (χ0n) is 14.6. The van der Waals surface area contributed by atoms with Crippen LogP contribution in [0.2, 0.25) is 0 Å². The highest BCUT2D eigenvalue weighted by Gasteiger charge is 2.42. The average molecular weight is 341 g/mol. The summed E-state index contributed by atoms with van der Waals surface area (Å²) in [6.07, 6.45) is 5.28. The first-order chi connectivity index (χ1) is 12.1. The van der Waals surface area contributed by atoms with Crippen molar-refractivity contribution in [2.24, 2.45) is 0 Å². The molecule has 1 aromatic heterocycles. The predicted octanol–water partition coefficient (Wildman–Crippen LogP) is 3.65. The number of Topliss-reactive ketones (excluding diaryl/α,β-unsaturated/α-hetero) is 1. The molecule has 1 unspecified atom stereocenters. The molecule has 1 aromatic carbocycles. The number of H-pyrrole nitrogens is 1. The van der Waals surface area contributed by atoms with Crippen LogP contribution in [-0.2, 0) is 9.59 Å². The molecule has 1 atom stereocenters. The van der Waals surface area contributed by atoms with Gasteiger partial charge in [-0.15, -0.1) is 0 Å². The fourth-order valence-corrected chi connectivity index (χ4v) is 3.40. The second-order valence-corrected chi connectivity index (χ2v) is 6.35. The maximum atomic E-state index is 12.6. The zero-order chi connectivity index (χ0) is 18.0. The van der Waals surface area contributed by atoms with Gasteiger partial charge in [0.05, 0.1) is 29.0 Å². The van der Waals surface area contributed by atoms with E-state index in [0.717, 1.165) is 30.3 Å². The highest BCUT2D eigenvalue weighted by molar-refractivity contribution is 6.16. The summed E-state index contributed by atoms with van der Waals surface area (Å²) in [6.45, 7) is 3.99. The third kappa shape index (κ3) is 3.04. The summed E-state index contributed by atoms with van der Waals surface area (Å²) in [5.41, 5.74) is 2.52. The second kappa shape index (κ2) is 7.09. The van der Waals surface area contributed by atoms with Crippen LogP contribution in [0.5, 0.6) is 0 Å². The van der Waals surface area contributed by atoms with Crippen LogP contribution < -0.4 is 4.90 Å². The van der Waals surface area contributed by atoms with E-state index in [2.05, 4.69) is 16.9 Å². The fourth-order valence-electron chi connectivity index (χ4n) is 3.40. The van der Waals surface area contributed by atoms with E-state index in [-0.39, 0.29) is 11.4 Å². The molecule has 0 aliphatic carbocycles. The van der Waals surface area contributed by atoms with Crippen molar-refractivity contribution >= 4 is 28.4 Å². The van der Waals surface area contributed by atoms with Gasteiger partial charge in [-0.05, 0) is 31.0 Å². The number of aliphatic hydroxyl groups is 1. The highest BCUT2D eigenvalue weighted by Crippen LogP contribution is 2.34. The molecular formula is C19H23N3O3. The lowest BCUT2D eigenvalue weighted by molar-refractivity contribution is -0.118. The van der Waals surface area contributed by atoms with Crippen LogP contribution in [0, 0.1) is 0 Å². The number of nitrogens with zero attached hydrogens (tertiary/aromatic N) is 2. The van der Waals surface area contributed by atoms with Crippen LogP contribution in [-0.4, -0.2) is 32.8 Å². The van der Waals surface area contributed by atoms with E-state index in [0.29, 0.717) is 18.5 Å². The third-order valence-electron chi connectivity index (χ3n) is 4.70. The monoisotopic (exact) mass is 341 g/mol. The summed E-state index contributed by atoms with van der Waals surface area (Å²) < 4.78 is 0. The Hall–Kier alpha value is -2.63. The lowest BCUT2D eigenvalue weighted by Crippen LogP contribution is -2.36. The van der Waals surface area contributed by atoms with E-state index >= 15 is 0 Å². The normalized spacial score (nSPS) is 17.8. The Labute approximate surface area is 146 Å². The van der Waals surface area contributed by atoms with Crippen molar-refractivity contribution in [2.75, 3.05) is 4.90 Å². The third-order valence-corrected chi connectivity index (χ3v) is 4.70. The van der Waals surface area contributed by atoms with Gasteiger partial charge in [-0.25, -0.2) is 4.98 Å². The Balaban J connectivity index is 1.91. The number of ketones is 1. The number of unbranched alkanes of at least 4 members (excludes halogenated alkanes) is 2. The SMILES string of the molecule is CCCCCC(=O)C1=C(O)C(=O)N(c2ccc3nc[nH]c3c2)C1CC. The van der Waals surface area contributed by atoms with Crippen LogP contribution in [0.3, 0.4) is 0 Å². The maximum Gasteiger partial charge on any atom is 0.294 e. The van der Waals surface area contributed by atoms with Gasteiger partial charge in [0.15, 0.2) is 11.5 Å². The molecular weight excluding hydrogens is 318 g/mol. The van der Waals surface area contributed by atoms with Gasteiger partial charge >= 0.3 is 0 Å². The van der Waals surface area contributed by atoms with Crippen LogP contribution in [0.25, 0.3) is 11.0 Å². The van der Waals surface area contributed by atoms with Crippen molar-refractivity contribution in [3.63, 3.8) is 0 Å². The smallest absolute Gasteiger partial charge is 0.294 e. The molecule has 0 bridgehead atoms. The molecule has 0 radical (unpaired) electrons. The molecule has 3 rings (SSSR count). The molecule has 0 spiro atoms. The number of anilines is 1. The van der Waals surface area contributed by atoms with Crippen LogP contribution in [0.4, 0.5) is 5.69 Å². The van der Waals surface area contributed by atoms with Gasteiger partial charge in [-0.3, -0.25) is 14.5 Å². The molecule has 2 aromatic rings. The number of carbonyl (C=O) groups is 2. The van der Waals surface area contributed by atoms with E-state index in [1.165, 1.54) is 4.90 Å². The number of imidazole rings is 1. The first kappa shape index (κ1) is 17.2. The highest BCUT2D eigenvalue weighted by atomic mass is 16.3. The summed E-state index contributed by atoms with van der Waals surface area (Å²) in [5.74, 6) is -1.04. The van der Waals surface area contributed by atoms with Gasteiger partial charge in [0.25, 0.3) is 5.91 Å². The molecule has 6 heteroatoms. The molecule has 2 N–H and O–H groups in total. The van der Waals surface area contributed by atoms with Gasteiger partial charge in [0, 0.05) is 12.1 Å². The molecule has 6 nitrogen and oxygen atoms in total. The van der Waals surface area contributed by atoms with E-state index in [9.17, 15) is 14.7 Å². The first-order valence-corrected chi connectivity index (χ1v) is 8.81. The lowest BCUT2D eigenvalue weighted by Gasteiger charge is -2.25. The molecule has 132 valence electrons. The van der Waals surface area contributed by atoms with Gasteiger partial charge < -0.3 is 10.1 Å². The Morgan fingerprint density at radius 2 is 2.12 bits per heavy atom.